The van der Waals surface area contributed by atoms with Crippen LogP contribution in [-0.2, 0) is 0 Å². The Labute approximate surface area is 102 Å². The molecule has 0 bridgehead atoms. The third kappa shape index (κ3) is 4.26. The lowest BCUT2D eigenvalue weighted by molar-refractivity contribution is -0.274. The molecule has 0 aliphatic rings. The number of aliphatic hydroxyl groups excluding tert-OH is 1. The number of aliphatic hydroxyl groups is 1. The Kier molecular flexibility index (Phi) is 4.02. The van der Waals surface area contributed by atoms with E-state index in [1.54, 1.807) is 0 Å². The van der Waals surface area contributed by atoms with E-state index in [1.807, 2.05) is 0 Å². The molecule has 0 aliphatic heterocycles. The molecule has 0 saturated carbocycles. The first-order valence-electron chi connectivity index (χ1n) is 4.30. The van der Waals surface area contributed by atoms with E-state index in [0.29, 0.717) is 18.2 Å². The van der Waals surface area contributed by atoms with Gasteiger partial charge in [-0.1, -0.05) is 11.6 Å². The highest BCUT2D eigenvalue weighted by atomic mass is 35.5. The maximum atomic E-state index is 12.2. The Morgan fingerprint density at radius 1 is 1.06 bits per heavy atom. The van der Waals surface area contributed by atoms with Crippen molar-refractivity contribution in [2.45, 2.75) is 18.6 Å². The fraction of sp³-hybridized carbons (Fsp3) is 0.333. The summed E-state index contributed by atoms with van der Waals surface area (Å²) in [6.07, 6.45) is -13.0. The van der Waals surface area contributed by atoms with Gasteiger partial charge >= 0.3 is 12.5 Å². The van der Waals surface area contributed by atoms with Crippen molar-refractivity contribution in [2.75, 3.05) is 0 Å². The summed E-state index contributed by atoms with van der Waals surface area (Å²) >= 11 is 5.35. The highest BCUT2D eigenvalue weighted by Crippen LogP contribution is 2.36. The van der Waals surface area contributed by atoms with Gasteiger partial charge in [-0.2, -0.15) is 13.2 Å². The Hall–Kier alpha value is -1.15. The first kappa shape index (κ1) is 14.9. The van der Waals surface area contributed by atoms with Gasteiger partial charge in [0.05, 0.1) is 0 Å². The summed E-state index contributed by atoms with van der Waals surface area (Å²) < 4.78 is 75.6. The van der Waals surface area contributed by atoms with E-state index in [1.165, 1.54) is 0 Å². The monoisotopic (exact) mass is 294 g/mol. The molecule has 1 atom stereocenters. The van der Waals surface area contributed by atoms with Gasteiger partial charge in [-0.3, -0.25) is 0 Å². The fourth-order valence-electron chi connectivity index (χ4n) is 1.12. The Balaban J connectivity index is 3.09. The van der Waals surface area contributed by atoms with Crippen molar-refractivity contribution < 1.29 is 36.2 Å². The van der Waals surface area contributed by atoms with Crippen molar-refractivity contribution in [3.05, 3.63) is 28.8 Å². The Morgan fingerprint density at radius 2 is 1.61 bits per heavy atom. The van der Waals surface area contributed by atoms with Gasteiger partial charge in [-0.05, 0) is 23.8 Å². The van der Waals surface area contributed by atoms with Crippen LogP contribution in [0, 0.1) is 0 Å². The van der Waals surface area contributed by atoms with Crippen molar-refractivity contribution in [1.82, 2.24) is 0 Å². The summed E-state index contributed by atoms with van der Waals surface area (Å²) in [5, 5.41) is 8.46. The molecule has 1 aromatic rings. The van der Waals surface area contributed by atoms with E-state index in [-0.39, 0.29) is 0 Å². The average molecular weight is 295 g/mol. The van der Waals surface area contributed by atoms with E-state index in [9.17, 15) is 26.3 Å². The molecular formula is C9H5ClF6O2. The van der Waals surface area contributed by atoms with Gasteiger partial charge in [-0.15, -0.1) is 13.2 Å². The molecule has 0 spiro atoms. The summed E-state index contributed by atoms with van der Waals surface area (Å²) in [5.74, 6) is -0.937. The van der Waals surface area contributed by atoms with Gasteiger partial charge in [0.25, 0.3) is 0 Å². The molecule has 2 nitrogen and oxygen atoms in total. The van der Waals surface area contributed by atoms with Crippen molar-refractivity contribution in [3.8, 4) is 5.75 Å². The summed E-state index contributed by atoms with van der Waals surface area (Å²) in [4.78, 5) is 0. The predicted molar refractivity (Wildman–Crippen MR) is 49.1 cm³/mol. The number of benzene rings is 1. The first-order chi connectivity index (χ1) is 7.99. The second-order valence-corrected chi connectivity index (χ2v) is 3.65. The van der Waals surface area contributed by atoms with Crippen LogP contribution < -0.4 is 4.74 Å². The molecule has 1 rings (SSSR count). The third-order valence-electron chi connectivity index (χ3n) is 1.75. The minimum Gasteiger partial charge on any atom is -0.406 e. The summed E-state index contributed by atoms with van der Waals surface area (Å²) in [5.41, 5.74) is -0.839. The zero-order valence-corrected chi connectivity index (χ0v) is 9.07. The van der Waals surface area contributed by atoms with E-state index in [2.05, 4.69) is 4.74 Å². The molecule has 0 aromatic heterocycles. The van der Waals surface area contributed by atoms with Crippen molar-refractivity contribution in [2.24, 2.45) is 0 Å². The second kappa shape index (κ2) is 4.85. The summed E-state index contributed by atoms with van der Waals surface area (Å²) in [6, 6.07) is 1.79. The predicted octanol–water partition coefficient (Wildman–Crippen LogP) is 3.83. The lowest BCUT2D eigenvalue weighted by Crippen LogP contribution is -2.21. The van der Waals surface area contributed by atoms with Crippen LogP contribution in [0.3, 0.4) is 0 Å². The first-order valence-corrected chi connectivity index (χ1v) is 4.68. The number of hydrogen-bond donors (Lipinski definition) is 1. The topological polar surface area (TPSA) is 29.5 Å². The van der Waals surface area contributed by atoms with Crippen molar-refractivity contribution in [3.63, 3.8) is 0 Å². The molecule has 1 N–H and O–H groups in total. The Morgan fingerprint density at radius 3 is 2.06 bits per heavy atom. The maximum absolute atomic E-state index is 12.2. The van der Waals surface area contributed by atoms with Gasteiger partial charge < -0.3 is 9.84 Å². The van der Waals surface area contributed by atoms with Crippen LogP contribution in [0.5, 0.6) is 5.75 Å². The summed E-state index contributed by atoms with van der Waals surface area (Å²) in [7, 11) is 0. The van der Waals surface area contributed by atoms with E-state index >= 15 is 0 Å². The SMILES string of the molecule is OC(c1cc(Cl)cc(OC(F)(F)F)c1)C(F)(F)F. The molecule has 1 aromatic carbocycles. The maximum Gasteiger partial charge on any atom is 0.573 e. The standard InChI is InChI=1S/C9H5ClF6O2/c10-5-1-4(7(17)8(11,12)13)2-6(3-5)18-9(14,15)16/h1-3,7,17H. The minimum absolute atomic E-state index is 0.414. The van der Waals surface area contributed by atoms with Crippen LogP contribution in [0.1, 0.15) is 11.7 Å². The molecule has 18 heavy (non-hydrogen) atoms. The molecule has 0 heterocycles. The Bertz CT molecular complexity index is 428. The minimum atomic E-state index is -5.06. The molecule has 0 amide bonds. The van der Waals surface area contributed by atoms with Gasteiger partial charge in [-0.25, -0.2) is 0 Å². The van der Waals surface area contributed by atoms with E-state index in [0.717, 1.165) is 0 Å². The number of hydrogen-bond acceptors (Lipinski definition) is 2. The van der Waals surface area contributed by atoms with E-state index in [4.69, 9.17) is 16.7 Å². The van der Waals surface area contributed by atoms with Crippen LogP contribution in [0.25, 0.3) is 0 Å². The van der Waals surface area contributed by atoms with Crippen LogP contribution >= 0.6 is 11.6 Å². The average Bonchev–Trinajstić information content (AvgIpc) is 2.11. The van der Waals surface area contributed by atoms with Crippen molar-refractivity contribution >= 4 is 11.6 Å². The van der Waals surface area contributed by atoms with Gasteiger partial charge in [0.2, 0.25) is 0 Å². The second-order valence-electron chi connectivity index (χ2n) is 3.21. The van der Waals surface area contributed by atoms with Crippen LogP contribution in [0.2, 0.25) is 5.02 Å². The zero-order chi connectivity index (χ0) is 14.1. The van der Waals surface area contributed by atoms with Crippen LogP contribution in [0.4, 0.5) is 26.3 Å². The summed E-state index contributed by atoms with van der Waals surface area (Å²) in [6.45, 7) is 0. The van der Waals surface area contributed by atoms with Crippen LogP contribution in [-0.4, -0.2) is 17.6 Å². The highest BCUT2D eigenvalue weighted by Gasteiger charge is 2.40. The molecule has 0 saturated heterocycles. The molecular weight excluding hydrogens is 290 g/mol. The van der Waals surface area contributed by atoms with Crippen LogP contribution in [0.15, 0.2) is 18.2 Å². The lowest BCUT2D eigenvalue weighted by Gasteiger charge is -2.16. The quantitative estimate of drug-likeness (QED) is 0.840. The third-order valence-corrected chi connectivity index (χ3v) is 1.97. The normalized spacial score (nSPS) is 14.4. The lowest BCUT2D eigenvalue weighted by atomic mass is 10.1. The number of halogens is 7. The molecule has 0 fully saturated rings. The molecule has 9 heteroatoms. The number of ether oxygens (including phenoxy) is 1. The van der Waals surface area contributed by atoms with Crippen molar-refractivity contribution in [1.29, 1.82) is 0 Å². The van der Waals surface area contributed by atoms with Gasteiger partial charge in [0.1, 0.15) is 5.75 Å². The smallest absolute Gasteiger partial charge is 0.406 e. The largest absolute Gasteiger partial charge is 0.573 e. The molecule has 102 valence electrons. The molecule has 1 unspecified atom stereocenters. The fourth-order valence-corrected chi connectivity index (χ4v) is 1.36. The molecule has 0 radical (unpaired) electrons. The highest BCUT2D eigenvalue weighted by molar-refractivity contribution is 6.30. The zero-order valence-electron chi connectivity index (χ0n) is 8.31. The van der Waals surface area contributed by atoms with Gasteiger partial charge in [0, 0.05) is 5.02 Å². The van der Waals surface area contributed by atoms with Gasteiger partial charge in [0.15, 0.2) is 6.10 Å². The molecule has 0 aliphatic carbocycles. The van der Waals surface area contributed by atoms with E-state index < -0.39 is 35.0 Å². The number of rotatable bonds is 2. The number of alkyl halides is 6.